The van der Waals surface area contributed by atoms with Crippen LogP contribution in [0.15, 0.2) is 22.7 Å². The number of methoxy groups -OCH3 is 2. The summed E-state index contributed by atoms with van der Waals surface area (Å²) in [6.07, 6.45) is 1.12. The van der Waals surface area contributed by atoms with Gasteiger partial charge in [-0.2, -0.15) is 0 Å². The fourth-order valence-electron chi connectivity index (χ4n) is 2.59. The molecule has 1 aromatic carbocycles. The lowest BCUT2D eigenvalue weighted by Gasteiger charge is -2.22. The minimum Gasteiger partial charge on any atom is -0.377 e. The lowest BCUT2D eigenvalue weighted by atomic mass is 10.1. The van der Waals surface area contributed by atoms with Gasteiger partial charge >= 0.3 is 0 Å². The largest absolute Gasteiger partial charge is 0.377 e. The van der Waals surface area contributed by atoms with E-state index in [0.717, 1.165) is 24.0 Å². The number of ether oxygens (including phenoxy) is 2. The van der Waals surface area contributed by atoms with Crippen LogP contribution in [0.25, 0.3) is 0 Å². The molecule has 2 unspecified atom stereocenters. The molecule has 2 atom stereocenters. The number of nitrogens with zero attached hydrogens (tertiary/aromatic N) is 1. The Kier molecular flexibility index (Phi) is 5.21. The van der Waals surface area contributed by atoms with Gasteiger partial charge in [0.1, 0.15) is 12.2 Å². The molecule has 0 aliphatic carbocycles. The van der Waals surface area contributed by atoms with Crippen LogP contribution in [-0.2, 0) is 15.9 Å². The Bertz CT molecular complexity index is 416. The predicted octanol–water partition coefficient (Wildman–Crippen LogP) is 1.80. The van der Waals surface area contributed by atoms with E-state index in [4.69, 9.17) is 15.2 Å². The van der Waals surface area contributed by atoms with Crippen molar-refractivity contribution in [3.8, 4) is 0 Å². The van der Waals surface area contributed by atoms with E-state index >= 15 is 0 Å². The normalized spacial score (nSPS) is 23.1. The second-order valence-corrected chi connectivity index (χ2v) is 5.68. The molecule has 0 spiro atoms. The Morgan fingerprint density at radius 3 is 2.42 bits per heavy atom. The molecule has 2 rings (SSSR count). The highest BCUT2D eigenvalue weighted by Crippen LogP contribution is 2.29. The molecule has 0 amide bonds. The standard InChI is InChI=1S/C14H21BrN2O2/c1-18-13-8-17(9-14(13)19-2)12-7-11(15)4-3-10(12)5-6-16/h3-4,7,13-14H,5-6,8-9,16H2,1-2H3. The highest BCUT2D eigenvalue weighted by Gasteiger charge is 2.33. The summed E-state index contributed by atoms with van der Waals surface area (Å²) in [4.78, 5) is 2.32. The van der Waals surface area contributed by atoms with E-state index in [0.29, 0.717) is 6.54 Å². The van der Waals surface area contributed by atoms with Crippen LogP contribution in [0.2, 0.25) is 0 Å². The van der Waals surface area contributed by atoms with Crippen LogP contribution in [0.5, 0.6) is 0 Å². The average molecular weight is 329 g/mol. The van der Waals surface area contributed by atoms with Gasteiger partial charge in [-0.15, -0.1) is 0 Å². The molecule has 0 bridgehead atoms. The molecule has 1 heterocycles. The fourth-order valence-corrected chi connectivity index (χ4v) is 2.94. The highest BCUT2D eigenvalue weighted by molar-refractivity contribution is 9.10. The van der Waals surface area contributed by atoms with Gasteiger partial charge in [0.15, 0.2) is 0 Å². The maximum atomic E-state index is 5.69. The van der Waals surface area contributed by atoms with E-state index in [2.05, 4.69) is 39.0 Å². The molecule has 5 heteroatoms. The van der Waals surface area contributed by atoms with E-state index in [-0.39, 0.29) is 12.2 Å². The minimum absolute atomic E-state index is 0.120. The third kappa shape index (κ3) is 3.28. The molecule has 1 aliphatic rings. The Morgan fingerprint density at radius 2 is 1.89 bits per heavy atom. The second-order valence-electron chi connectivity index (χ2n) is 4.77. The van der Waals surface area contributed by atoms with Gasteiger partial charge in [0.25, 0.3) is 0 Å². The van der Waals surface area contributed by atoms with Gasteiger partial charge in [0.05, 0.1) is 0 Å². The third-order valence-corrected chi connectivity index (χ3v) is 4.12. The zero-order valence-corrected chi connectivity index (χ0v) is 13.0. The number of halogens is 1. The van der Waals surface area contributed by atoms with Crippen molar-refractivity contribution in [1.29, 1.82) is 0 Å². The van der Waals surface area contributed by atoms with E-state index in [1.54, 1.807) is 14.2 Å². The van der Waals surface area contributed by atoms with Crippen LogP contribution < -0.4 is 10.6 Å². The van der Waals surface area contributed by atoms with Gasteiger partial charge in [0.2, 0.25) is 0 Å². The molecule has 1 fully saturated rings. The Hall–Kier alpha value is -0.620. The van der Waals surface area contributed by atoms with Crippen molar-refractivity contribution >= 4 is 21.6 Å². The van der Waals surface area contributed by atoms with Gasteiger partial charge in [0, 0.05) is 37.5 Å². The molecule has 4 nitrogen and oxygen atoms in total. The third-order valence-electron chi connectivity index (χ3n) is 3.62. The van der Waals surface area contributed by atoms with Gasteiger partial charge < -0.3 is 20.1 Å². The molecule has 19 heavy (non-hydrogen) atoms. The van der Waals surface area contributed by atoms with Crippen LogP contribution >= 0.6 is 15.9 Å². The monoisotopic (exact) mass is 328 g/mol. The summed E-state index contributed by atoms with van der Waals surface area (Å²) in [6.45, 7) is 2.36. The van der Waals surface area contributed by atoms with Crippen molar-refractivity contribution in [2.45, 2.75) is 18.6 Å². The number of anilines is 1. The molecule has 2 N–H and O–H groups in total. The summed E-state index contributed by atoms with van der Waals surface area (Å²) in [5.74, 6) is 0. The molecule has 1 aliphatic heterocycles. The Labute approximate surface area is 123 Å². The maximum Gasteiger partial charge on any atom is 0.102 e. The SMILES string of the molecule is COC1CN(c2cc(Br)ccc2CCN)CC1OC. The molecule has 1 aromatic rings. The number of hydrogen-bond acceptors (Lipinski definition) is 4. The van der Waals surface area contributed by atoms with Gasteiger partial charge in [-0.25, -0.2) is 0 Å². The fraction of sp³-hybridized carbons (Fsp3) is 0.571. The number of rotatable bonds is 5. The Morgan fingerprint density at radius 1 is 1.26 bits per heavy atom. The molecular formula is C14H21BrN2O2. The smallest absolute Gasteiger partial charge is 0.102 e. The lowest BCUT2D eigenvalue weighted by molar-refractivity contribution is -0.00461. The van der Waals surface area contributed by atoms with Crippen LogP contribution in [-0.4, -0.2) is 46.1 Å². The Balaban J connectivity index is 2.24. The van der Waals surface area contributed by atoms with Crippen molar-refractivity contribution in [1.82, 2.24) is 0 Å². The summed E-state index contributed by atoms with van der Waals surface area (Å²) in [6, 6.07) is 6.34. The lowest BCUT2D eigenvalue weighted by Crippen LogP contribution is -2.27. The molecular weight excluding hydrogens is 308 g/mol. The van der Waals surface area contributed by atoms with Crippen LogP contribution in [0.4, 0.5) is 5.69 Å². The predicted molar refractivity (Wildman–Crippen MR) is 80.7 cm³/mol. The number of benzene rings is 1. The van der Waals surface area contributed by atoms with Crippen molar-refractivity contribution < 1.29 is 9.47 Å². The van der Waals surface area contributed by atoms with E-state index in [1.165, 1.54) is 11.3 Å². The molecule has 0 aromatic heterocycles. The quantitative estimate of drug-likeness (QED) is 0.895. The van der Waals surface area contributed by atoms with Crippen molar-refractivity contribution in [2.75, 3.05) is 38.8 Å². The van der Waals surface area contributed by atoms with E-state index < -0.39 is 0 Å². The summed E-state index contributed by atoms with van der Waals surface area (Å²) in [7, 11) is 3.48. The van der Waals surface area contributed by atoms with Gasteiger partial charge in [-0.1, -0.05) is 22.0 Å². The van der Waals surface area contributed by atoms with Crippen LogP contribution in [0.1, 0.15) is 5.56 Å². The first kappa shape index (κ1) is 14.8. The zero-order valence-electron chi connectivity index (χ0n) is 11.4. The molecule has 0 radical (unpaired) electrons. The molecule has 0 saturated carbocycles. The first-order chi connectivity index (χ1) is 9.19. The summed E-state index contributed by atoms with van der Waals surface area (Å²) >= 11 is 3.54. The van der Waals surface area contributed by atoms with Gasteiger partial charge in [-0.3, -0.25) is 0 Å². The summed E-state index contributed by atoms with van der Waals surface area (Å²) < 4.78 is 12.1. The maximum absolute atomic E-state index is 5.69. The van der Waals surface area contributed by atoms with Crippen LogP contribution in [0.3, 0.4) is 0 Å². The first-order valence-electron chi connectivity index (χ1n) is 6.48. The first-order valence-corrected chi connectivity index (χ1v) is 7.28. The van der Waals surface area contributed by atoms with Crippen molar-refractivity contribution in [3.05, 3.63) is 28.2 Å². The van der Waals surface area contributed by atoms with Gasteiger partial charge in [-0.05, 0) is 30.7 Å². The van der Waals surface area contributed by atoms with E-state index in [9.17, 15) is 0 Å². The average Bonchev–Trinajstić information content (AvgIpc) is 2.84. The highest BCUT2D eigenvalue weighted by atomic mass is 79.9. The van der Waals surface area contributed by atoms with E-state index in [1.807, 2.05) is 0 Å². The topological polar surface area (TPSA) is 47.7 Å². The number of hydrogen-bond donors (Lipinski definition) is 1. The van der Waals surface area contributed by atoms with Crippen LogP contribution in [0, 0.1) is 0 Å². The summed E-state index contributed by atoms with van der Waals surface area (Å²) in [5.41, 5.74) is 8.19. The number of nitrogens with two attached hydrogens (primary N) is 1. The van der Waals surface area contributed by atoms with Crippen molar-refractivity contribution in [2.24, 2.45) is 5.73 Å². The summed E-state index contributed by atoms with van der Waals surface area (Å²) in [5, 5.41) is 0. The zero-order chi connectivity index (χ0) is 13.8. The molecule has 1 saturated heterocycles. The van der Waals surface area contributed by atoms with Crippen molar-refractivity contribution in [3.63, 3.8) is 0 Å². The second kappa shape index (κ2) is 6.70. The minimum atomic E-state index is 0.120. The molecule has 106 valence electrons.